The Balaban J connectivity index is 1.90. The lowest BCUT2D eigenvalue weighted by molar-refractivity contribution is -0.140. The van der Waals surface area contributed by atoms with E-state index < -0.39 is 17.8 Å². The summed E-state index contributed by atoms with van der Waals surface area (Å²) < 4.78 is 1.72. The topological polar surface area (TPSA) is 109 Å². The van der Waals surface area contributed by atoms with Gasteiger partial charge in [-0.2, -0.15) is 0 Å². The van der Waals surface area contributed by atoms with Crippen LogP contribution in [-0.2, 0) is 4.79 Å². The fourth-order valence-electron chi connectivity index (χ4n) is 2.05. The minimum absolute atomic E-state index is 0.0778. The molecular formula is C12H19N5O3. The van der Waals surface area contributed by atoms with Crippen molar-refractivity contribution in [2.75, 3.05) is 19.6 Å². The van der Waals surface area contributed by atoms with Crippen LogP contribution in [0.25, 0.3) is 0 Å². The van der Waals surface area contributed by atoms with Crippen molar-refractivity contribution in [3.63, 3.8) is 0 Å². The van der Waals surface area contributed by atoms with Gasteiger partial charge in [-0.3, -0.25) is 9.59 Å². The van der Waals surface area contributed by atoms with Crippen molar-refractivity contribution in [3.8, 4) is 0 Å². The monoisotopic (exact) mass is 281 g/mol. The molecule has 1 unspecified atom stereocenters. The highest BCUT2D eigenvalue weighted by Crippen LogP contribution is 2.16. The van der Waals surface area contributed by atoms with Gasteiger partial charge >= 0.3 is 5.97 Å². The minimum Gasteiger partial charge on any atom is -0.481 e. The number of carboxylic acid groups (broad SMARTS) is 1. The van der Waals surface area contributed by atoms with Gasteiger partial charge in [0, 0.05) is 6.54 Å². The number of nitrogens with zero attached hydrogens (tertiary/aromatic N) is 3. The van der Waals surface area contributed by atoms with E-state index in [1.807, 2.05) is 0 Å². The molecule has 0 aliphatic carbocycles. The van der Waals surface area contributed by atoms with Crippen LogP contribution < -0.4 is 10.6 Å². The second kappa shape index (κ2) is 6.47. The molecular weight excluding hydrogens is 262 g/mol. The maximum Gasteiger partial charge on any atom is 0.308 e. The van der Waals surface area contributed by atoms with E-state index in [2.05, 4.69) is 20.9 Å². The Labute approximate surface area is 116 Å². The van der Waals surface area contributed by atoms with Crippen molar-refractivity contribution in [2.24, 2.45) is 5.92 Å². The maximum atomic E-state index is 11.8. The van der Waals surface area contributed by atoms with Crippen LogP contribution in [0.4, 0.5) is 0 Å². The molecule has 8 nitrogen and oxygen atoms in total. The number of aromatic nitrogens is 3. The fraction of sp³-hybridized carbons (Fsp3) is 0.667. The zero-order chi connectivity index (χ0) is 14.5. The van der Waals surface area contributed by atoms with E-state index in [9.17, 15) is 9.59 Å². The molecule has 2 rings (SSSR count). The molecule has 1 aliphatic heterocycles. The molecule has 0 spiro atoms. The van der Waals surface area contributed by atoms with E-state index in [0.717, 1.165) is 25.9 Å². The average Bonchev–Trinajstić information content (AvgIpc) is 2.95. The van der Waals surface area contributed by atoms with Gasteiger partial charge in [-0.15, -0.1) is 5.10 Å². The third-order valence-corrected chi connectivity index (χ3v) is 3.42. The molecule has 0 aromatic carbocycles. The number of aliphatic carboxylic acids is 1. The zero-order valence-electron chi connectivity index (χ0n) is 11.4. The summed E-state index contributed by atoms with van der Waals surface area (Å²) in [5.74, 6) is -1.96. The summed E-state index contributed by atoms with van der Waals surface area (Å²) in [6.45, 7) is 3.48. The Morgan fingerprint density at radius 2 is 2.25 bits per heavy atom. The molecule has 1 atom stereocenters. The normalized spacial score (nSPS) is 17.6. The Kier molecular flexibility index (Phi) is 4.67. The van der Waals surface area contributed by atoms with Crippen molar-refractivity contribution >= 4 is 11.9 Å². The predicted octanol–water partition coefficient (Wildman–Crippen LogP) is -0.347. The molecule has 1 aliphatic rings. The number of carboxylic acids is 1. The summed E-state index contributed by atoms with van der Waals surface area (Å²) in [5, 5.41) is 22.4. The predicted molar refractivity (Wildman–Crippen MR) is 70.3 cm³/mol. The van der Waals surface area contributed by atoms with Gasteiger partial charge in [0.15, 0.2) is 5.69 Å². The number of hydrogen-bond donors (Lipinski definition) is 3. The fourth-order valence-corrected chi connectivity index (χ4v) is 2.05. The smallest absolute Gasteiger partial charge is 0.308 e. The third-order valence-electron chi connectivity index (χ3n) is 3.42. The van der Waals surface area contributed by atoms with Crippen molar-refractivity contribution in [1.82, 2.24) is 25.6 Å². The van der Waals surface area contributed by atoms with Crippen LogP contribution in [0.1, 0.15) is 36.3 Å². The highest BCUT2D eigenvalue weighted by atomic mass is 16.4. The van der Waals surface area contributed by atoms with Crippen molar-refractivity contribution in [3.05, 3.63) is 11.9 Å². The van der Waals surface area contributed by atoms with Gasteiger partial charge in [0.1, 0.15) is 0 Å². The van der Waals surface area contributed by atoms with E-state index in [0.29, 0.717) is 0 Å². The zero-order valence-corrected chi connectivity index (χ0v) is 11.4. The Morgan fingerprint density at radius 1 is 1.55 bits per heavy atom. The molecule has 3 N–H and O–H groups in total. The second-order valence-corrected chi connectivity index (χ2v) is 5.01. The summed E-state index contributed by atoms with van der Waals surface area (Å²) in [5.41, 5.74) is 0.223. The van der Waals surface area contributed by atoms with Crippen LogP contribution in [0.2, 0.25) is 0 Å². The van der Waals surface area contributed by atoms with E-state index in [4.69, 9.17) is 5.11 Å². The Morgan fingerprint density at radius 3 is 2.90 bits per heavy atom. The number of rotatable bonds is 5. The third kappa shape index (κ3) is 3.53. The Hall–Kier alpha value is -1.96. The highest BCUT2D eigenvalue weighted by molar-refractivity contribution is 5.92. The molecule has 1 fully saturated rings. The van der Waals surface area contributed by atoms with Crippen LogP contribution in [0.3, 0.4) is 0 Å². The van der Waals surface area contributed by atoms with Gasteiger partial charge in [-0.05, 0) is 25.9 Å². The molecule has 2 heterocycles. The first kappa shape index (κ1) is 14.4. The van der Waals surface area contributed by atoms with Gasteiger partial charge in [0.25, 0.3) is 5.91 Å². The summed E-state index contributed by atoms with van der Waals surface area (Å²) in [6.07, 6.45) is 3.54. The minimum atomic E-state index is -0.941. The summed E-state index contributed by atoms with van der Waals surface area (Å²) >= 11 is 0. The van der Waals surface area contributed by atoms with Crippen LogP contribution in [0.15, 0.2) is 6.20 Å². The van der Waals surface area contributed by atoms with Crippen molar-refractivity contribution < 1.29 is 14.7 Å². The molecule has 0 radical (unpaired) electrons. The van der Waals surface area contributed by atoms with Gasteiger partial charge in [-0.25, -0.2) is 4.68 Å². The van der Waals surface area contributed by atoms with Crippen molar-refractivity contribution in [1.29, 1.82) is 0 Å². The van der Waals surface area contributed by atoms with E-state index in [1.165, 1.54) is 6.92 Å². The lowest BCUT2D eigenvalue weighted by atomic mass is 10.1. The second-order valence-electron chi connectivity index (χ2n) is 5.01. The summed E-state index contributed by atoms with van der Waals surface area (Å²) in [7, 11) is 0. The standard InChI is InChI=1S/C12H19N5O3/c1-8(12(19)20)6-14-11(18)10-7-17(16-15-10)9-2-4-13-5-3-9/h7-9,13H,2-6H2,1H3,(H,14,18)(H,19,20). The average molecular weight is 281 g/mol. The number of amides is 1. The van der Waals surface area contributed by atoms with E-state index in [-0.39, 0.29) is 18.3 Å². The summed E-state index contributed by atoms with van der Waals surface area (Å²) in [6, 6.07) is 0.267. The highest BCUT2D eigenvalue weighted by Gasteiger charge is 2.19. The van der Waals surface area contributed by atoms with Crippen LogP contribution >= 0.6 is 0 Å². The van der Waals surface area contributed by atoms with Crippen LogP contribution in [0.5, 0.6) is 0 Å². The van der Waals surface area contributed by atoms with Gasteiger partial charge in [0.05, 0.1) is 18.2 Å². The van der Waals surface area contributed by atoms with E-state index >= 15 is 0 Å². The lowest BCUT2D eigenvalue weighted by Crippen LogP contribution is -2.31. The number of carbonyl (C=O) groups excluding carboxylic acids is 1. The molecule has 0 saturated carbocycles. The quantitative estimate of drug-likeness (QED) is 0.681. The van der Waals surface area contributed by atoms with E-state index in [1.54, 1.807) is 10.9 Å². The largest absolute Gasteiger partial charge is 0.481 e. The molecule has 1 amide bonds. The number of carbonyl (C=O) groups is 2. The Bertz CT molecular complexity index is 481. The molecule has 20 heavy (non-hydrogen) atoms. The maximum absolute atomic E-state index is 11.8. The number of hydrogen-bond acceptors (Lipinski definition) is 5. The molecule has 110 valence electrons. The molecule has 0 bridgehead atoms. The molecule has 1 aromatic heterocycles. The first-order valence-electron chi connectivity index (χ1n) is 6.71. The summed E-state index contributed by atoms with van der Waals surface area (Å²) in [4.78, 5) is 22.5. The molecule has 1 saturated heterocycles. The number of piperidine rings is 1. The SMILES string of the molecule is CC(CNC(=O)c1cn(C2CCNCC2)nn1)C(=O)O. The van der Waals surface area contributed by atoms with Crippen LogP contribution in [-0.4, -0.2) is 51.6 Å². The van der Waals surface area contributed by atoms with Gasteiger partial charge in [0.2, 0.25) is 0 Å². The van der Waals surface area contributed by atoms with Crippen LogP contribution in [0, 0.1) is 5.92 Å². The lowest BCUT2D eigenvalue weighted by Gasteiger charge is -2.22. The first-order chi connectivity index (χ1) is 9.58. The first-order valence-corrected chi connectivity index (χ1v) is 6.71. The van der Waals surface area contributed by atoms with Gasteiger partial charge < -0.3 is 15.7 Å². The molecule has 8 heteroatoms. The van der Waals surface area contributed by atoms with Crippen molar-refractivity contribution in [2.45, 2.75) is 25.8 Å². The molecule has 1 aromatic rings. The van der Waals surface area contributed by atoms with Gasteiger partial charge in [-0.1, -0.05) is 12.1 Å². The number of nitrogens with one attached hydrogen (secondary N) is 2.